The molecule has 0 radical (unpaired) electrons. The van der Waals surface area contributed by atoms with Crippen molar-refractivity contribution in [2.45, 2.75) is 83.1 Å². The quantitative estimate of drug-likeness (QED) is 0.443. The Bertz CT molecular complexity index is 1250. The molecule has 1 aliphatic carbocycles. The molecule has 3 fully saturated rings. The van der Waals surface area contributed by atoms with Crippen LogP contribution in [0.4, 0.5) is 5.82 Å². The van der Waals surface area contributed by atoms with E-state index in [9.17, 15) is 9.90 Å². The van der Waals surface area contributed by atoms with Gasteiger partial charge in [-0.05, 0) is 81.5 Å². The van der Waals surface area contributed by atoms with Crippen molar-refractivity contribution in [3.63, 3.8) is 0 Å². The van der Waals surface area contributed by atoms with Gasteiger partial charge in [0, 0.05) is 35.1 Å². The van der Waals surface area contributed by atoms with E-state index < -0.39 is 5.97 Å². The zero-order valence-corrected chi connectivity index (χ0v) is 20.5. The van der Waals surface area contributed by atoms with Crippen molar-refractivity contribution in [1.29, 1.82) is 0 Å². The Labute approximate surface area is 206 Å². The third kappa shape index (κ3) is 4.14. The molecule has 0 amide bonds. The Kier molecular flexibility index (Phi) is 5.64. The maximum Gasteiger partial charge on any atom is 0.337 e. The molecule has 2 atom stereocenters. The Hall–Kier alpha value is -3.12. The summed E-state index contributed by atoms with van der Waals surface area (Å²) in [4.78, 5) is 22.1. The third-order valence-corrected chi connectivity index (χ3v) is 8.16. The lowest BCUT2D eigenvalue weighted by Gasteiger charge is -2.40. The molecule has 2 aliphatic heterocycles. The molecule has 3 aliphatic rings. The SMILES string of the molecule is Cc1ccccc1-c1c[nH]c(C2CC2)c1COC1CC2CCC(C1)N2c1ccc(C(=O)O)c(C)n1. The highest BCUT2D eigenvalue weighted by Crippen LogP contribution is 2.45. The number of aromatic carboxylic acids is 1. The van der Waals surface area contributed by atoms with Gasteiger partial charge in [0.1, 0.15) is 5.82 Å². The van der Waals surface area contributed by atoms with E-state index in [0.29, 0.717) is 30.3 Å². The number of rotatable bonds is 7. The first-order valence-electron chi connectivity index (χ1n) is 12.9. The number of aromatic nitrogens is 2. The van der Waals surface area contributed by atoms with Crippen LogP contribution in [0.3, 0.4) is 0 Å². The monoisotopic (exact) mass is 471 g/mol. The lowest BCUT2D eigenvalue weighted by atomic mass is 9.97. The number of hydrogen-bond acceptors (Lipinski definition) is 4. The lowest BCUT2D eigenvalue weighted by Crippen LogP contribution is -2.46. The summed E-state index contributed by atoms with van der Waals surface area (Å²) in [6.07, 6.45) is 9.18. The largest absolute Gasteiger partial charge is 0.478 e. The van der Waals surface area contributed by atoms with E-state index in [1.165, 1.54) is 40.8 Å². The molecule has 35 heavy (non-hydrogen) atoms. The van der Waals surface area contributed by atoms with E-state index in [1.807, 2.05) is 6.07 Å². The van der Waals surface area contributed by atoms with Gasteiger partial charge >= 0.3 is 5.97 Å². The molecule has 182 valence electrons. The van der Waals surface area contributed by atoms with Crippen molar-refractivity contribution in [2.24, 2.45) is 0 Å². The Morgan fingerprint density at radius 1 is 1.06 bits per heavy atom. The number of fused-ring (bicyclic) bond motifs is 2. The molecule has 4 heterocycles. The number of anilines is 1. The number of aromatic amines is 1. The summed E-state index contributed by atoms with van der Waals surface area (Å²) in [6, 6.07) is 13.0. The Balaban J connectivity index is 1.18. The van der Waals surface area contributed by atoms with Gasteiger partial charge in [0.25, 0.3) is 0 Å². The second-order valence-corrected chi connectivity index (χ2v) is 10.5. The van der Waals surface area contributed by atoms with Gasteiger partial charge in [0.2, 0.25) is 0 Å². The zero-order chi connectivity index (χ0) is 24.1. The summed E-state index contributed by atoms with van der Waals surface area (Å²) in [7, 11) is 0. The summed E-state index contributed by atoms with van der Waals surface area (Å²) < 4.78 is 6.64. The number of carboxylic acids is 1. The van der Waals surface area contributed by atoms with Crippen molar-refractivity contribution < 1.29 is 14.6 Å². The van der Waals surface area contributed by atoms with E-state index in [0.717, 1.165) is 31.5 Å². The molecule has 3 aromatic rings. The van der Waals surface area contributed by atoms with Crippen molar-refractivity contribution in [1.82, 2.24) is 9.97 Å². The molecule has 1 saturated carbocycles. The number of pyridine rings is 1. The minimum atomic E-state index is -0.919. The third-order valence-electron chi connectivity index (χ3n) is 8.16. The molecular formula is C29H33N3O3. The van der Waals surface area contributed by atoms with Crippen molar-refractivity contribution >= 4 is 11.8 Å². The van der Waals surface area contributed by atoms with Gasteiger partial charge in [-0.2, -0.15) is 0 Å². The molecular weight excluding hydrogens is 438 g/mol. The topological polar surface area (TPSA) is 78.5 Å². The zero-order valence-electron chi connectivity index (χ0n) is 20.5. The molecule has 6 nitrogen and oxygen atoms in total. The number of ether oxygens (including phenoxy) is 1. The van der Waals surface area contributed by atoms with Crippen LogP contribution in [0, 0.1) is 13.8 Å². The van der Waals surface area contributed by atoms with Crippen LogP contribution in [-0.2, 0) is 11.3 Å². The van der Waals surface area contributed by atoms with Gasteiger partial charge in [-0.3, -0.25) is 0 Å². The van der Waals surface area contributed by atoms with Gasteiger partial charge in [-0.15, -0.1) is 0 Å². The fourth-order valence-corrected chi connectivity index (χ4v) is 6.23. The summed E-state index contributed by atoms with van der Waals surface area (Å²) in [6.45, 7) is 4.61. The molecule has 2 saturated heterocycles. The van der Waals surface area contributed by atoms with Crippen LogP contribution in [-0.4, -0.2) is 39.2 Å². The first-order chi connectivity index (χ1) is 17.0. The average Bonchev–Trinajstić information content (AvgIpc) is 3.54. The van der Waals surface area contributed by atoms with Gasteiger partial charge < -0.3 is 19.7 Å². The maximum atomic E-state index is 11.4. The molecule has 2 bridgehead atoms. The highest BCUT2D eigenvalue weighted by Gasteiger charge is 2.42. The average molecular weight is 472 g/mol. The molecule has 2 aromatic heterocycles. The second-order valence-electron chi connectivity index (χ2n) is 10.5. The highest BCUT2D eigenvalue weighted by atomic mass is 16.5. The number of benzene rings is 1. The number of hydrogen-bond donors (Lipinski definition) is 2. The predicted octanol–water partition coefficient (Wildman–Crippen LogP) is 5.99. The minimum absolute atomic E-state index is 0.231. The lowest BCUT2D eigenvalue weighted by molar-refractivity contribution is 0.0149. The Morgan fingerprint density at radius 3 is 2.46 bits per heavy atom. The molecule has 1 aromatic carbocycles. The van der Waals surface area contributed by atoms with Crippen LogP contribution in [0.5, 0.6) is 0 Å². The van der Waals surface area contributed by atoms with E-state index >= 15 is 0 Å². The maximum absolute atomic E-state index is 11.4. The number of nitrogens with zero attached hydrogens (tertiary/aromatic N) is 2. The van der Waals surface area contributed by atoms with E-state index in [-0.39, 0.29) is 11.7 Å². The summed E-state index contributed by atoms with van der Waals surface area (Å²) in [5.74, 6) is 0.631. The normalized spacial score (nSPS) is 23.6. The molecule has 6 rings (SSSR count). The number of H-pyrrole nitrogens is 1. The standard InChI is InChI=1S/C29H33N3O3/c1-17-5-3-4-6-23(17)25-15-30-28(19-7-8-19)26(25)16-35-22-13-20-9-10-21(14-22)32(20)27-12-11-24(29(33)34)18(2)31-27/h3-6,11-12,15,19-22,30H,7-10,13-14,16H2,1-2H3,(H,33,34). The first kappa shape index (κ1) is 22.4. The van der Waals surface area contributed by atoms with E-state index in [2.05, 4.69) is 52.3 Å². The Morgan fingerprint density at radius 2 is 1.80 bits per heavy atom. The molecule has 0 spiro atoms. The van der Waals surface area contributed by atoms with Crippen LogP contribution in [0.15, 0.2) is 42.6 Å². The second kappa shape index (κ2) is 8.83. The summed E-state index contributed by atoms with van der Waals surface area (Å²) in [5.41, 5.74) is 7.41. The molecule has 6 heteroatoms. The number of carboxylic acid groups (broad SMARTS) is 1. The smallest absolute Gasteiger partial charge is 0.337 e. The van der Waals surface area contributed by atoms with E-state index in [4.69, 9.17) is 4.74 Å². The minimum Gasteiger partial charge on any atom is -0.478 e. The number of piperidine rings is 1. The fourth-order valence-electron chi connectivity index (χ4n) is 6.23. The van der Waals surface area contributed by atoms with Gasteiger partial charge in [0.15, 0.2) is 0 Å². The summed E-state index contributed by atoms with van der Waals surface area (Å²) in [5, 5.41) is 9.35. The first-order valence-corrected chi connectivity index (χ1v) is 12.9. The van der Waals surface area contributed by atoms with Crippen LogP contribution in [0.1, 0.15) is 77.3 Å². The predicted molar refractivity (Wildman–Crippen MR) is 136 cm³/mol. The number of aryl methyl sites for hydroxylation is 2. The molecule has 2 unspecified atom stereocenters. The van der Waals surface area contributed by atoms with Gasteiger partial charge in [0.05, 0.1) is 24.0 Å². The fraction of sp³-hybridized carbons (Fsp3) is 0.448. The van der Waals surface area contributed by atoms with Crippen molar-refractivity contribution in [3.05, 3.63) is 70.7 Å². The van der Waals surface area contributed by atoms with Crippen LogP contribution in [0.2, 0.25) is 0 Å². The van der Waals surface area contributed by atoms with Crippen molar-refractivity contribution in [2.75, 3.05) is 4.90 Å². The highest BCUT2D eigenvalue weighted by molar-refractivity contribution is 5.89. The van der Waals surface area contributed by atoms with Gasteiger partial charge in [-0.1, -0.05) is 24.3 Å². The van der Waals surface area contributed by atoms with Crippen LogP contribution in [0.25, 0.3) is 11.1 Å². The summed E-state index contributed by atoms with van der Waals surface area (Å²) >= 11 is 0. The van der Waals surface area contributed by atoms with E-state index in [1.54, 1.807) is 13.0 Å². The van der Waals surface area contributed by atoms with Gasteiger partial charge in [-0.25, -0.2) is 9.78 Å². The molecule has 2 N–H and O–H groups in total. The number of nitrogens with one attached hydrogen (secondary N) is 1. The van der Waals surface area contributed by atoms with Crippen molar-refractivity contribution in [3.8, 4) is 11.1 Å². The van der Waals surface area contributed by atoms with Crippen LogP contribution < -0.4 is 4.90 Å². The van der Waals surface area contributed by atoms with Crippen LogP contribution >= 0.6 is 0 Å². The number of carbonyl (C=O) groups is 1.